The van der Waals surface area contributed by atoms with Crippen LogP contribution in [0.25, 0.3) is 0 Å². The quantitative estimate of drug-likeness (QED) is 0.255. The average Bonchev–Trinajstić information content (AvgIpc) is 0.811. The van der Waals surface area contributed by atoms with Crippen molar-refractivity contribution in [3.63, 3.8) is 0 Å². The minimum absolute atomic E-state index is 0. The Bertz CT molecular complexity index is 14.0. The van der Waals surface area contributed by atoms with Gasteiger partial charge in [0, 0.05) is 0 Å². The normalized spacial score (nSPS) is 3.60. The van der Waals surface area contributed by atoms with Gasteiger partial charge in [-0.05, 0) is 0 Å². The molecule has 0 aromatic rings. The van der Waals surface area contributed by atoms with Crippen LogP contribution in [0.4, 0.5) is 0 Å². The van der Waals surface area contributed by atoms with E-state index in [0.29, 0.717) is 0 Å². The Morgan fingerprint density at radius 3 is 0.600 bits per heavy atom. The van der Waals surface area contributed by atoms with E-state index in [4.69, 9.17) is 14.7 Å². The van der Waals surface area contributed by atoms with Crippen LogP contribution in [-0.4, -0.2) is 71.6 Å². The Balaban J connectivity index is -0.00000000300. The van der Waals surface area contributed by atoms with E-state index in [1.54, 1.807) is 0 Å². The molecule has 0 atom stereocenters. The second kappa shape index (κ2) is 49.7. The molecule has 8 nitrogen and oxygen atoms in total. The van der Waals surface area contributed by atoms with Crippen molar-refractivity contribution in [3.8, 4) is 0 Å². The van der Waals surface area contributed by atoms with Gasteiger partial charge in [-0.15, -0.1) is 0 Å². The molecule has 0 fully saturated rings. The first-order valence-corrected chi connectivity index (χ1v) is 1.80. The van der Waals surface area contributed by atoms with Crippen LogP contribution in [0.1, 0.15) is 0 Å². The van der Waals surface area contributed by atoms with Crippen molar-refractivity contribution in [1.29, 1.82) is 0 Å². The third-order valence-electron chi connectivity index (χ3n) is 0. The monoisotopic (exact) mass is 196 g/mol. The zero-order valence-corrected chi connectivity index (χ0v) is 5.18. The zero-order valence-electron chi connectivity index (χ0n) is 4.29. The van der Waals surface area contributed by atoms with Gasteiger partial charge in [-0.2, -0.15) is 0 Å². The van der Waals surface area contributed by atoms with Crippen LogP contribution in [0.15, 0.2) is 0 Å². The molecule has 0 aliphatic rings. The van der Waals surface area contributed by atoms with Crippen molar-refractivity contribution in [1.82, 2.24) is 0 Å². The summed E-state index contributed by atoms with van der Waals surface area (Å²) in [5.74, 6) is 0. The molecule has 0 amide bonds. The van der Waals surface area contributed by atoms with Crippen molar-refractivity contribution >= 4 is 38.2 Å². The summed E-state index contributed by atoms with van der Waals surface area (Å²) in [7, 11) is -2.62. The molecule has 68 valence electrons. The molecule has 10 heavy (non-hydrogen) atoms. The van der Waals surface area contributed by atoms with Crippen molar-refractivity contribution in [3.05, 3.63) is 0 Å². The first-order chi connectivity index (χ1) is 1.73. The van der Waals surface area contributed by atoms with E-state index in [1.807, 2.05) is 0 Å². The fraction of sp³-hybridized carbons (Fsp3) is 0. The molecule has 0 rings (SSSR count). The zero-order chi connectivity index (χ0) is 3.58. The van der Waals surface area contributed by atoms with E-state index < -0.39 is 8.60 Å². The standard InChI is InChI=1S/Na.H3O3P.5H2O.H/c;1-4(2)3;;;;;;/h;1-3H;5*1H2;. The van der Waals surface area contributed by atoms with Gasteiger partial charge in [-0.25, -0.2) is 0 Å². The van der Waals surface area contributed by atoms with Gasteiger partial charge in [0.2, 0.25) is 0 Å². The summed E-state index contributed by atoms with van der Waals surface area (Å²) in [4.78, 5) is 21.7. The van der Waals surface area contributed by atoms with Gasteiger partial charge < -0.3 is 42.1 Å². The molecule has 13 N–H and O–H groups in total. The van der Waals surface area contributed by atoms with Crippen molar-refractivity contribution in [2.75, 3.05) is 0 Å². The summed E-state index contributed by atoms with van der Waals surface area (Å²) in [5, 5.41) is 0. The third kappa shape index (κ3) is 486. The van der Waals surface area contributed by atoms with Gasteiger partial charge in [-0.3, -0.25) is 0 Å². The molecule has 0 spiro atoms. The van der Waals surface area contributed by atoms with Crippen LogP contribution >= 0.6 is 8.60 Å². The van der Waals surface area contributed by atoms with E-state index in [1.165, 1.54) is 0 Å². The Labute approximate surface area is 80.3 Å². The van der Waals surface area contributed by atoms with Crippen molar-refractivity contribution in [2.45, 2.75) is 0 Å². The minimum atomic E-state index is -2.62. The van der Waals surface area contributed by atoms with E-state index in [0.717, 1.165) is 0 Å². The van der Waals surface area contributed by atoms with Crippen LogP contribution < -0.4 is 0 Å². The molecule has 0 unspecified atom stereocenters. The predicted octanol–water partition coefficient (Wildman–Crippen LogP) is -5.58. The first kappa shape index (κ1) is 67.2. The molecule has 0 aliphatic carbocycles. The van der Waals surface area contributed by atoms with Gasteiger partial charge in [-0.1, -0.05) is 0 Å². The molecule has 0 aliphatic heterocycles. The van der Waals surface area contributed by atoms with Crippen molar-refractivity contribution < 1.29 is 42.1 Å². The molecule has 0 radical (unpaired) electrons. The van der Waals surface area contributed by atoms with Gasteiger partial charge in [0.15, 0.2) is 0 Å². The van der Waals surface area contributed by atoms with E-state index in [2.05, 4.69) is 0 Å². The maximum absolute atomic E-state index is 7.23. The molecule has 0 saturated heterocycles. The topological polar surface area (TPSA) is 218 Å². The number of hydrogen-bond acceptors (Lipinski definition) is 3. The molecule has 0 saturated carbocycles. The maximum atomic E-state index is 7.23. The summed E-state index contributed by atoms with van der Waals surface area (Å²) in [6.45, 7) is 0. The van der Waals surface area contributed by atoms with Crippen LogP contribution in [-0.2, 0) is 0 Å². The fourth-order valence-corrected chi connectivity index (χ4v) is 0. The van der Waals surface area contributed by atoms with Gasteiger partial charge >= 0.3 is 38.2 Å². The molecular formula is H14NaO8P. The Morgan fingerprint density at radius 2 is 0.600 bits per heavy atom. The van der Waals surface area contributed by atoms with Crippen LogP contribution in [0.2, 0.25) is 0 Å². The molecule has 0 aromatic carbocycles. The van der Waals surface area contributed by atoms with E-state index >= 15 is 0 Å². The molecule has 0 bridgehead atoms. The van der Waals surface area contributed by atoms with Gasteiger partial charge in [0.1, 0.15) is 0 Å². The predicted molar refractivity (Wildman–Crippen MR) is 38.8 cm³/mol. The molecule has 0 aromatic heterocycles. The van der Waals surface area contributed by atoms with E-state index in [-0.39, 0.29) is 56.9 Å². The summed E-state index contributed by atoms with van der Waals surface area (Å²) in [5.41, 5.74) is 0. The second-order valence-corrected chi connectivity index (χ2v) is 0.805. The summed E-state index contributed by atoms with van der Waals surface area (Å²) < 4.78 is 0. The number of hydrogen-bond donors (Lipinski definition) is 3. The van der Waals surface area contributed by atoms with Gasteiger partial charge in [0.25, 0.3) is 0 Å². The number of rotatable bonds is 0. The summed E-state index contributed by atoms with van der Waals surface area (Å²) in [6, 6.07) is 0. The Hall–Kier alpha value is 1.11. The van der Waals surface area contributed by atoms with Crippen molar-refractivity contribution in [2.24, 2.45) is 0 Å². The van der Waals surface area contributed by atoms with Crippen LogP contribution in [0.5, 0.6) is 0 Å². The molecular weight excluding hydrogens is 182 g/mol. The van der Waals surface area contributed by atoms with Crippen LogP contribution in [0, 0.1) is 0 Å². The first-order valence-electron chi connectivity index (χ1n) is 0.600. The SMILES string of the molecule is O.O.O.O.O.OP(O)O.[NaH]. The second-order valence-electron chi connectivity index (χ2n) is 0.268. The Kier molecular flexibility index (Phi) is 334. The summed E-state index contributed by atoms with van der Waals surface area (Å²) >= 11 is 0. The molecule has 10 heteroatoms. The van der Waals surface area contributed by atoms with E-state index in [9.17, 15) is 0 Å². The van der Waals surface area contributed by atoms with Gasteiger partial charge in [0.05, 0.1) is 0 Å². The fourth-order valence-electron chi connectivity index (χ4n) is 0. The third-order valence-corrected chi connectivity index (χ3v) is 0. The Morgan fingerprint density at radius 1 is 0.600 bits per heavy atom. The summed E-state index contributed by atoms with van der Waals surface area (Å²) in [6.07, 6.45) is 0. The van der Waals surface area contributed by atoms with Crippen LogP contribution in [0.3, 0.4) is 0 Å². The average molecular weight is 196 g/mol. The molecule has 0 heterocycles.